The van der Waals surface area contributed by atoms with E-state index in [1.807, 2.05) is 6.07 Å². The molecule has 52 heavy (non-hydrogen) atoms. The van der Waals surface area contributed by atoms with Crippen molar-refractivity contribution in [1.29, 1.82) is 0 Å². The first-order chi connectivity index (χ1) is 25.8. The molecule has 1 N–H and O–H groups in total. The molecule has 244 valence electrons. The number of para-hydroxylation sites is 2. The number of nitrogens with zero attached hydrogens (tertiary/aromatic N) is 4. The fourth-order valence-electron chi connectivity index (χ4n) is 8.20. The topological polar surface area (TPSA) is 46.6 Å². The van der Waals surface area contributed by atoms with Gasteiger partial charge in [-0.05, 0) is 57.4 Å². The van der Waals surface area contributed by atoms with Crippen LogP contribution in [0.1, 0.15) is 17.3 Å². The average molecular weight is 666 g/mol. The van der Waals surface area contributed by atoms with Crippen molar-refractivity contribution in [1.82, 2.24) is 14.5 Å². The van der Waals surface area contributed by atoms with Gasteiger partial charge in [-0.3, -0.25) is 4.57 Å². The molecular weight excluding hydrogens is 635 g/mol. The second kappa shape index (κ2) is 11.3. The minimum atomic E-state index is -0.355. The van der Waals surface area contributed by atoms with E-state index in [2.05, 4.69) is 184 Å². The molecule has 0 amide bonds. The molecule has 8 aromatic carbocycles. The summed E-state index contributed by atoms with van der Waals surface area (Å²) >= 11 is 0. The molecule has 1 atom stereocenters. The molecule has 0 bridgehead atoms. The largest absolute Gasteiger partial charge is 0.344 e. The number of benzene rings is 8. The highest BCUT2D eigenvalue weighted by Crippen LogP contribution is 2.43. The number of hydrogen-bond acceptors (Lipinski definition) is 3. The molecule has 0 saturated heterocycles. The lowest BCUT2D eigenvalue weighted by Crippen LogP contribution is -2.35. The third-order valence-electron chi connectivity index (χ3n) is 10.5. The molecule has 10 aromatic rings. The number of rotatable bonds is 3. The fraction of sp³-hybridized carbons (Fsp3) is 0.0213. The number of aromatic nitrogens is 2. The normalized spacial score (nSPS) is 14.7. The Morgan fingerprint density at radius 3 is 1.96 bits per heavy atom. The highest BCUT2D eigenvalue weighted by Gasteiger charge is 2.27. The van der Waals surface area contributed by atoms with Crippen molar-refractivity contribution < 1.29 is 0 Å². The third-order valence-corrected chi connectivity index (χ3v) is 10.5. The van der Waals surface area contributed by atoms with Crippen LogP contribution in [0, 0.1) is 0 Å². The number of fused-ring (bicyclic) bond motifs is 10. The molecule has 0 radical (unpaired) electrons. The van der Waals surface area contributed by atoms with Gasteiger partial charge in [-0.1, -0.05) is 146 Å². The van der Waals surface area contributed by atoms with Crippen LogP contribution in [0.15, 0.2) is 186 Å². The standard InChI is InChI=1S/C47H31N5/c1-3-15-32(16-4-1)45-48-46(34-24-23-30-13-7-8-17-33(30)29-34)50-47(49-45)52-40-22-12-11-21-37(40)38-26-27-39-42-36-20-10-9-14-31(36)25-28-41(42)51(44(39)43(38)52)35-18-5-2-6-19-35/h1-29,46H,(H,48,49,50). The summed E-state index contributed by atoms with van der Waals surface area (Å²) in [7, 11) is 0. The summed E-state index contributed by atoms with van der Waals surface area (Å²) in [6.07, 6.45) is -0.355. The Balaban J connectivity index is 1.28. The van der Waals surface area contributed by atoms with Crippen molar-refractivity contribution in [2.24, 2.45) is 9.98 Å². The lowest BCUT2D eigenvalue weighted by Gasteiger charge is -2.24. The van der Waals surface area contributed by atoms with Crippen LogP contribution >= 0.6 is 0 Å². The highest BCUT2D eigenvalue weighted by atomic mass is 15.3. The van der Waals surface area contributed by atoms with Gasteiger partial charge in [-0.2, -0.15) is 4.99 Å². The van der Waals surface area contributed by atoms with Gasteiger partial charge in [0.2, 0.25) is 5.96 Å². The zero-order valence-electron chi connectivity index (χ0n) is 28.1. The van der Waals surface area contributed by atoms with Crippen LogP contribution in [-0.2, 0) is 0 Å². The van der Waals surface area contributed by atoms with Crippen molar-refractivity contribution in [2.45, 2.75) is 6.17 Å². The molecule has 0 spiro atoms. The predicted molar refractivity (Wildman–Crippen MR) is 217 cm³/mol. The van der Waals surface area contributed by atoms with Gasteiger partial charge < -0.3 is 9.88 Å². The maximum Gasteiger partial charge on any atom is 0.234 e. The molecule has 1 aliphatic rings. The van der Waals surface area contributed by atoms with Gasteiger partial charge in [-0.25, -0.2) is 4.99 Å². The van der Waals surface area contributed by atoms with Gasteiger partial charge >= 0.3 is 0 Å². The molecule has 1 unspecified atom stereocenters. The van der Waals surface area contributed by atoms with Gasteiger partial charge in [-0.15, -0.1) is 0 Å². The summed E-state index contributed by atoms with van der Waals surface area (Å²) in [5.41, 5.74) is 7.64. The summed E-state index contributed by atoms with van der Waals surface area (Å²) in [5.74, 6) is 1.43. The van der Waals surface area contributed by atoms with Gasteiger partial charge in [0.1, 0.15) is 12.0 Å². The van der Waals surface area contributed by atoms with Crippen LogP contribution < -0.4 is 5.32 Å². The molecule has 5 heteroatoms. The van der Waals surface area contributed by atoms with E-state index < -0.39 is 0 Å². The van der Waals surface area contributed by atoms with Gasteiger partial charge in [0, 0.05) is 32.8 Å². The quantitative estimate of drug-likeness (QED) is 0.201. The minimum Gasteiger partial charge on any atom is -0.344 e. The third kappa shape index (κ3) is 4.29. The molecule has 3 heterocycles. The van der Waals surface area contributed by atoms with Gasteiger partial charge in [0.05, 0.1) is 22.1 Å². The lowest BCUT2D eigenvalue weighted by molar-refractivity contribution is 0.669. The van der Waals surface area contributed by atoms with E-state index in [1.54, 1.807) is 0 Å². The second-order valence-corrected chi connectivity index (χ2v) is 13.5. The lowest BCUT2D eigenvalue weighted by atomic mass is 10.0. The summed E-state index contributed by atoms with van der Waals surface area (Å²) < 4.78 is 4.73. The predicted octanol–water partition coefficient (Wildman–Crippen LogP) is 11.2. The van der Waals surface area contributed by atoms with Crippen molar-refractivity contribution in [3.05, 3.63) is 187 Å². The monoisotopic (exact) mass is 665 g/mol. The first kappa shape index (κ1) is 28.8. The van der Waals surface area contributed by atoms with E-state index in [9.17, 15) is 0 Å². The van der Waals surface area contributed by atoms with Crippen LogP contribution in [0.3, 0.4) is 0 Å². The number of nitrogens with one attached hydrogen (secondary N) is 1. The summed E-state index contributed by atoms with van der Waals surface area (Å²) in [4.78, 5) is 10.8. The van der Waals surface area contributed by atoms with Gasteiger partial charge in [0.15, 0.2) is 0 Å². The zero-order chi connectivity index (χ0) is 34.2. The number of aliphatic imine (C=N–C) groups is 2. The molecule has 0 aliphatic carbocycles. The van der Waals surface area contributed by atoms with E-state index in [-0.39, 0.29) is 6.17 Å². The van der Waals surface area contributed by atoms with Crippen molar-refractivity contribution in [3.8, 4) is 5.69 Å². The Labute approximate surface area is 299 Å². The number of hydrogen-bond donors (Lipinski definition) is 1. The average Bonchev–Trinajstić information content (AvgIpc) is 3.74. The van der Waals surface area contributed by atoms with Crippen LogP contribution in [-0.4, -0.2) is 20.9 Å². The molecule has 0 fully saturated rings. The van der Waals surface area contributed by atoms with Crippen molar-refractivity contribution in [2.75, 3.05) is 0 Å². The molecule has 11 rings (SSSR count). The maximum atomic E-state index is 5.46. The van der Waals surface area contributed by atoms with E-state index in [0.717, 1.165) is 50.0 Å². The minimum absolute atomic E-state index is 0.355. The van der Waals surface area contributed by atoms with E-state index in [4.69, 9.17) is 9.98 Å². The Morgan fingerprint density at radius 2 is 1.12 bits per heavy atom. The Kier molecular flexibility index (Phi) is 6.25. The van der Waals surface area contributed by atoms with Crippen LogP contribution in [0.25, 0.3) is 70.8 Å². The summed E-state index contributed by atoms with van der Waals surface area (Å²) in [6.45, 7) is 0. The van der Waals surface area contributed by atoms with Crippen LogP contribution in [0.4, 0.5) is 0 Å². The highest BCUT2D eigenvalue weighted by molar-refractivity contribution is 6.30. The Hall–Kier alpha value is -6.98. The zero-order valence-corrected chi connectivity index (χ0v) is 28.1. The van der Waals surface area contributed by atoms with Gasteiger partial charge in [0.25, 0.3) is 0 Å². The molecule has 0 saturated carbocycles. The van der Waals surface area contributed by atoms with E-state index in [0.29, 0.717) is 5.96 Å². The first-order valence-corrected chi connectivity index (χ1v) is 17.7. The molecule has 1 aliphatic heterocycles. The number of amidine groups is 1. The van der Waals surface area contributed by atoms with E-state index in [1.165, 1.54) is 37.8 Å². The van der Waals surface area contributed by atoms with Crippen molar-refractivity contribution >= 4 is 77.0 Å². The van der Waals surface area contributed by atoms with Crippen LogP contribution in [0.5, 0.6) is 0 Å². The first-order valence-electron chi connectivity index (χ1n) is 17.7. The smallest absolute Gasteiger partial charge is 0.234 e. The van der Waals surface area contributed by atoms with Crippen LogP contribution in [0.2, 0.25) is 0 Å². The summed E-state index contributed by atoms with van der Waals surface area (Å²) in [5, 5.41) is 13.3. The summed E-state index contributed by atoms with van der Waals surface area (Å²) in [6, 6.07) is 62.6. The molecule has 5 nitrogen and oxygen atoms in total. The van der Waals surface area contributed by atoms with E-state index >= 15 is 0 Å². The fourth-order valence-corrected chi connectivity index (χ4v) is 8.20. The maximum absolute atomic E-state index is 5.46. The molecule has 2 aromatic heterocycles. The Morgan fingerprint density at radius 1 is 0.462 bits per heavy atom. The van der Waals surface area contributed by atoms with Crippen molar-refractivity contribution in [3.63, 3.8) is 0 Å². The molecular formula is C47H31N5. The second-order valence-electron chi connectivity index (χ2n) is 13.5. The Bertz CT molecular complexity index is 3090. The SMILES string of the molecule is c1ccc(C2=NC(n3c4ccccc4c4ccc5c6c7ccccc7ccc6n(-c6ccccc6)c5c43)=NC(c3ccc4ccccc4c3)N2)cc1.